The van der Waals surface area contributed by atoms with Crippen LogP contribution in [0.5, 0.6) is 0 Å². The molecule has 2 amide bonds. The van der Waals surface area contributed by atoms with E-state index in [1.54, 1.807) is 30.2 Å². The Kier molecular flexibility index (Phi) is 8.49. The fraction of sp³-hybridized carbons (Fsp3) is 0.222. The first-order valence-electron chi connectivity index (χ1n) is 12.0. The Morgan fingerprint density at radius 3 is 2.57 bits per heavy atom. The lowest BCUT2D eigenvalue weighted by Crippen LogP contribution is -2.22. The number of aromatic nitrogens is 3. The molecular weight excluding hydrogens is 523 g/mol. The highest BCUT2D eigenvalue weighted by atomic mass is 32.2. The molecule has 37 heavy (non-hydrogen) atoms. The lowest BCUT2D eigenvalue weighted by Gasteiger charge is -2.13. The normalized spacial score (nSPS) is 13.4. The average Bonchev–Trinajstić information content (AvgIpc) is 3.59. The molecule has 1 fully saturated rings. The number of anilines is 2. The first-order valence-corrected chi connectivity index (χ1v) is 14.6. The zero-order valence-corrected chi connectivity index (χ0v) is 22.4. The van der Waals surface area contributed by atoms with E-state index in [9.17, 15) is 9.59 Å². The molecule has 7 nitrogen and oxygen atoms in total. The Morgan fingerprint density at radius 1 is 0.973 bits per heavy atom. The SMILES string of the molecule is O=C(Nc1nc(CSc2ccccc2)c(Sc2ccccn2)s1)Nc1cnccc1C(=O)C1CCCC1. The number of nitrogens with zero attached hydrogens (tertiary/aromatic N) is 3. The summed E-state index contributed by atoms with van der Waals surface area (Å²) in [4.78, 5) is 40.3. The van der Waals surface area contributed by atoms with E-state index in [1.165, 1.54) is 29.3 Å². The molecule has 3 aromatic heterocycles. The van der Waals surface area contributed by atoms with E-state index < -0.39 is 6.03 Å². The van der Waals surface area contributed by atoms with Crippen LogP contribution in [0.1, 0.15) is 41.7 Å². The molecule has 0 aliphatic heterocycles. The van der Waals surface area contributed by atoms with Gasteiger partial charge in [-0.15, -0.1) is 11.8 Å². The number of amides is 2. The van der Waals surface area contributed by atoms with Crippen molar-refractivity contribution >= 4 is 57.5 Å². The summed E-state index contributed by atoms with van der Waals surface area (Å²) < 4.78 is 0.968. The molecule has 0 spiro atoms. The summed E-state index contributed by atoms with van der Waals surface area (Å²) in [5.41, 5.74) is 1.79. The van der Waals surface area contributed by atoms with Crippen molar-refractivity contribution in [2.45, 2.75) is 45.6 Å². The van der Waals surface area contributed by atoms with Crippen LogP contribution < -0.4 is 10.6 Å². The van der Waals surface area contributed by atoms with Gasteiger partial charge in [0.2, 0.25) is 0 Å². The van der Waals surface area contributed by atoms with E-state index in [2.05, 4.69) is 32.7 Å². The predicted octanol–water partition coefficient (Wildman–Crippen LogP) is 7.39. The fourth-order valence-corrected chi connectivity index (χ4v) is 7.20. The van der Waals surface area contributed by atoms with Gasteiger partial charge in [-0.25, -0.2) is 14.8 Å². The van der Waals surface area contributed by atoms with Crippen LogP contribution in [0.25, 0.3) is 0 Å². The van der Waals surface area contributed by atoms with Crippen molar-refractivity contribution in [3.8, 4) is 0 Å². The number of carbonyl (C=O) groups is 2. The number of thioether (sulfide) groups is 1. The van der Waals surface area contributed by atoms with Gasteiger partial charge in [0.1, 0.15) is 5.03 Å². The average molecular weight is 548 g/mol. The Balaban J connectivity index is 1.31. The lowest BCUT2D eigenvalue weighted by molar-refractivity contribution is 0.0923. The zero-order chi connectivity index (χ0) is 25.5. The van der Waals surface area contributed by atoms with Crippen LogP contribution >= 0.6 is 34.9 Å². The van der Waals surface area contributed by atoms with Gasteiger partial charge >= 0.3 is 6.03 Å². The molecule has 1 saturated carbocycles. The van der Waals surface area contributed by atoms with Crippen LogP contribution in [-0.2, 0) is 5.75 Å². The Bertz CT molecular complexity index is 1360. The minimum atomic E-state index is -0.459. The number of rotatable bonds is 9. The van der Waals surface area contributed by atoms with Gasteiger partial charge < -0.3 is 5.32 Å². The van der Waals surface area contributed by atoms with Gasteiger partial charge in [0, 0.05) is 34.5 Å². The van der Waals surface area contributed by atoms with Crippen LogP contribution in [0.2, 0.25) is 0 Å². The van der Waals surface area contributed by atoms with Crippen molar-refractivity contribution in [2.24, 2.45) is 5.92 Å². The van der Waals surface area contributed by atoms with Crippen LogP contribution in [0, 0.1) is 5.92 Å². The summed E-state index contributed by atoms with van der Waals surface area (Å²) in [6, 6.07) is 17.1. The van der Waals surface area contributed by atoms with E-state index in [1.807, 2.05) is 36.4 Å². The molecule has 0 unspecified atom stereocenters. The highest BCUT2D eigenvalue weighted by Crippen LogP contribution is 2.39. The number of benzene rings is 1. The van der Waals surface area contributed by atoms with Crippen molar-refractivity contribution < 1.29 is 9.59 Å². The fourth-order valence-electron chi connectivity index (χ4n) is 4.10. The van der Waals surface area contributed by atoms with Crippen molar-refractivity contribution in [1.29, 1.82) is 0 Å². The Hall–Kier alpha value is -3.21. The number of Topliss-reactive ketones (excluding diaryl/α,β-unsaturated/α-hetero) is 1. The third kappa shape index (κ3) is 6.76. The molecule has 0 bridgehead atoms. The van der Waals surface area contributed by atoms with Crippen molar-refractivity contribution in [2.75, 3.05) is 10.6 Å². The molecule has 1 aromatic carbocycles. The number of pyridine rings is 2. The number of hydrogen-bond donors (Lipinski definition) is 2. The van der Waals surface area contributed by atoms with Crippen molar-refractivity contribution in [1.82, 2.24) is 15.0 Å². The molecule has 1 aliphatic carbocycles. The predicted molar refractivity (Wildman–Crippen MR) is 150 cm³/mol. The molecule has 10 heteroatoms. The number of nitrogens with one attached hydrogen (secondary N) is 2. The zero-order valence-electron chi connectivity index (χ0n) is 19.9. The van der Waals surface area contributed by atoms with E-state index in [0.717, 1.165) is 45.5 Å². The molecule has 3 heterocycles. The number of urea groups is 1. The lowest BCUT2D eigenvalue weighted by atomic mass is 9.96. The molecule has 1 aliphatic rings. The monoisotopic (exact) mass is 547 g/mol. The summed E-state index contributed by atoms with van der Waals surface area (Å²) in [6.45, 7) is 0. The highest BCUT2D eigenvalue weighted by molar-refractivity contribution is 8.01. The van der Waals surface area contributed by atoms with Gasteiger partial charge in [-0.1, -0.05) is 60.2 Å². The van der Waals surface area contributed by atoms with E-state index in [4.69, 9.17) is 4.98 Å². The Labute approximate surface area is 227 Å². The second kappa shape index (κ2) is 12.4. The van der Waals surface area contributed by atoms with Crippen molar-refractivity contribution in [3.05, 3.63) is 84.4 Å². The highest BCUT2D eigenvalue weighted by Gasteiger charge is 2.26. The standard InChI is InChI=1S/C27H25N5O2S3/c33-24(18-8-4-5-9-18)20-13-15-28-16-21(20)30-26(34)32-27-31-22(17-35-19-10-2-1-3-11-19)25(37-27)36-23-12-6-7-14-29-23/h1-3,6-7,10-16,18H,4-5,8-9,17H2,(H2,30,31,32,34). The first kappa shape index (κ1) is 25.4. The smallest absolute Gasteiger partial charge is 0.305 e. The third-order valence-electron chi connectivity index (χ3n) is 5.90. The largest absolute Gasteiger partial charge is 0.325 e. The van der Waals surface area contributed by atoms with Gasteiger partial charge in [-0.05, 0) is 43.2 Å². The maximum atomic E-state index is 13.0. The molecule has 188 valence electrons. The van der Waals surface area contributed by atoms with Gasteiger partial charge in [0.25, 0.3) is 0 Å². The quantitative estimate of drug-likeness (QED) is 0.166. The van der Waals surface area contributed by atoms with Gasteiger partial charge in [0.15, 0.2) is 10.9 Å². The maximum Gasteiger partial charge on any atom is 0.325 e. The van der Waals surface area contributed by atoms with E-state index in [-0.39, 0.29) is 11.7 Å². The summed E-state index contributed by atoms with van der Waals surface area (Å²) in [5, 5.41) is 6.99. The number of hydrogen-bond acceptors (Lipinski definition) is 8. The van der Waals surface area contributed by atoms with Gasteiger partial charge in [-0.2, -0.15) is 0 Å². The summed E-state index contributed by atoms with van der Waals surface area (Å²) >= 11 is 4.62. The molecule has 0 saturated heterocycles. The van der Waals surface area contributed by atoms with Crippen LogP contribution in [-0.4, -0.2) is 26.8 Å². The summed E-state index contributed by atoms with van der Waals surface area (Å²) in [6.07, 6.45) is 8.79. The molecule has 0 radical (unpaired) electrons. The topological polar surface area (TPSA) is 96.9 Å². The molecular formula is C27H25N5O2S3. The second-order valence-electron chi connectivity index (χ2n) is 8.47. The number of thiazole rings is 1. The molecule has 2 N–H and O–H groups in total. The number of ketones is 1. The summed E-state index contributed by atoms with van der Waals surface area (Å²) in [7, 11) is 0. The van der Waals surface area contributed by atoms with E-state index in [0.29, 0.717) is 22.1 Å². The van der Waals surface area contributed by atoms with E-state index >= 15 is 0 Å². The first-order chi connectivity index (χ1) is 18.2. The molecule has 0 atom stereocenters. The molecule has 5 rings (SSSR count). The minimum Gasteiger partial charge on any atom is -0.305 e. The van der Waals surface area contributed by atoms with Gasteiger partial charge in [-0.3, -0.25) is 15.1 Å². The Morgan fingerprint density at radius 2 is 1.78 bits per heavy atom. The second-order valence-corrected chi connectivity index (χ2v) is 11.8. The summed E-state index contributed by atoms with van der Waals surface area (Å²) in [5.74, 6) is 0.737. The van der Waals surface area contributed by atoms with Gasteiger partial charge in [0.05, 0.1) is 21.8 Å². The molecule has 4 aromatic rings. The third-order valence-corrected chi connectivity index (χ3v) is 9.10. The number of carbonyl (C=O) groups excluding carboxylic acids is 2. The van der Waals surface area contributed by atoms with Crippen LogP contribution in [0.4, 0.5) is 15.6 Å². The van der Waals surface area contributed by atoms with Crippen molar-refractivity contribution in [3.63, 3.8) is 0 Å². The van der Waals surface area contributed by atoms with Crippen LogP contribution in [0.3, 0.4) is 0 Å². The maximum absolute atomic E-state index is 13.0. The van der Waals surface area contributed by atoms with Crippen LogP contribution in [0.15, 0.2) is 87.3 Å². The minimum absolute atomic E-state index is 0.0147.